The second kappa shape index (κ2) is 15.1. The molecule has 3 N–H and O–H groups in total. The number of hydrogen-bond donors (Lipinski definition) is 3. The minimum atomic E-state index is -5.08. The predicted molar refractivity (Wildman–Crippen MR) is 142 cm³/mol. The van der Waals surface area contributed by atoms with Gasteiger partial charge in [0, 0.05) is 32.0 Å². The van der Waals surface area contributed by atoms with Gasteiger partial charge < -0.3 is 19.8 Å². The highest BCUT2D eigenvalue weighted by molar-refractivity contribution is 7.20. The number of nitrogens with one attached hydrogen (secondary N) is 1. The molecule has 4 rings (SSSR count). The summed E-state index contributed by atoms with van der Waals surface area (Å²) in [5.74, 6) is -5.59. The van der Waals surface area contributed by atoms with Gasteiger partial charge in [0.2, 0.25) is 0 Å². The minimum Gasteiger partial charge on any atom is -0.475 e. The maximum atomic E-state index is 13.2. The molecule has 0 aliphatic heterocycles. The van der Waals surface area contributed by atoms with Crippen LogP contribution in [0.2, 0.25) is 0 Å². The molecule has 232 valence electrons. The van der Waals surface area contributed by atoms with Gasteiger partial charge in [-0.1, -0.05) is 35.9 Å². The summed E-state index contributed by atoms with van der Waals surface area (Å²) in [4.78, 5) is 37.4. The highest BCUT2D eigenvalue weighted by Gasteiger charge is 2.38. The molecule has 2 heterocycles. The molecule has 0 aliphatic carbocycles. The van der Waals surface area contributed by atoms with Gasteiger partial charge >= 0.3 is 24.3 Å². The molecule has 43 heavy (non-hydrogen) atoms. The van der Waals surface area contributed by atoms with Crippen molar-refractivity contribution < 1.29 is 55.7 Å². The fourth-order valence-electron chi connectivity index (χ4n) is 3.22. The van der Waals surface area contributed by atoms with Gasteiger partial charge in [0.15, 0.2) is 5.01 Å². The van der Waals surface area contributed by atoms with Crippen LogP contribution >= 0.6 is 11.3 Å². The predicted octanol–water partition coefficient (Wildman–Crippen LogP) is 5.55. The lowest BCUT2D eigenvalue weighted by Crippen LogP contribution is -2.33. The molecule has 0 bridgehead atoms. The Morgan fingerprint density at radius 1 is 0.977 bits per heavy atom. The summed E-state index contributed by atoms with van der Waals surface area (Å²) < 4.78 is 69.7. The summed E-state index contributed by atoms with van der Waals surface area (Å²) in [6.07, 6.45) is -6.54. The molecule has 0 saturated carbocycles. The number of alkyl halides is 6. The number of methoxy groups -OCH3 is 1. The van der Waals surface area contributed by atoms with Gasteiger partial charge in [0.1, 0.15) is 0 Å². The Labute approximate surface area is 243 Å². The van der Waals surface area contributed by atoms with E-state index in [-0.39, 0.29) is 5.91 Å². The van der Waals surface area contributed by atoms with Gasteiger partial charge in [-0.25, -0.2) is 14.6 Å². The number of halogens is 6. The van der Waals surface area contributed by atoms with Crippen LogP contribution in [0, 0.1) is 6.92 Å². The summed E-state index contributed by atoms with van der Waals surface area (Å²) in [5.41, 5.74) is 5.15. The molecule has 0 atom stereocenters. The van der Waals surface area contributed by atoms with E-state index in [9.17, 15) is 31.1 Å². The van der Waals surface area contributed by atoms with E-state index in [1.54, 1.807) is 18.2 Å². The maximum Gasteiger partial charge on any atom is 0.490 e. The van der Waals surface area contributed by atoms with E-state index < -0.39 is 24.3 Å². The van der Waals surface area contributed by atoms with E-state index in [2.05, 4.69) is 40.3 Å². The first kappa shape index (κ1) is 34.7. The number of carboxylic acids is 2. The van der Waals surface area contributed by atoms with Gasteiger partial charge in [-0.15, -0.1) is 11.3 Å². The number of fused-ring (bicyclic) bond motifs is 1. The summed E-state index contributed by atoms with van der Waals surface area (Å²) in [6, 6.07) is 14.2. The standard InChI is InChI=1S/C22H22N4O2S.2C2HF3O2/c1-15-4-3-5-16(10-15)14-26(8-9-28-2)22(27)21-25-19-7-6-17(11-20(19)29-21)18-12-23-24-13-18;2*3-2(4,5)1(6)7/h3-7,10-13H,8-9,14H2,1-2H3,(H,23,24);2*(H,6,7). The van der Waals surface area contributed by atoms with Crippen LogP contribution in [0.3, 0.4) is 0 Å². The molecule has 2 aromatic carbocycles. The summed E-state index contributed by atoms with van der Waals surface area (Å²) in [6.45, 7) is 3.57. The van der Waals surface area contributed by atoms with Crippen LogP contribution in [-0.4, -0.2) is 80.8 Å². The van der Waals surface area contributed by atoms with E-state index in [0.29, 0.717) is 24.7 Å². The molecular weight excluding hydrogens is 610 g/mol. The Hall–Kier alpha value is -4.51. The molecule has 2 aromatic heterocycles. The number of hydrogen-bond acceptors (Lipinski definition) is 7. The number of carbonyl (C=O) groups excluding carboxylic acids is 1. The van der Waals surface area contributed by atoms with E-state index in [1.807, 2.05) is 30.5 Å². The summed E-state index contributed by atoms with van der Waals surface area (Å²) in [5, 5.41) is 21.6. The van der Waals surface area contributed by atoms with Crippen molar-refractivity contribution in [2.45, 2.75) is 25.8 Å². The number of aromatic amines is 1. The molecule has 10 nitrogen and oxygen atoms in total. The van der Waals surface area contributed by atoms with Crippen molar-refractivity contribution >= 4 is 39.4 Å². The van der Waals surface area contributed by atoms with Crippen LogP contribution in [0.15, 0.2) is 54.9 Å². The van der Waals surface area contributed by atoms with Crippen molar-refractivity contribution in [3.8, 4) is 11.1 Å². The van der Waals surface area contributed by atoms with Crippen molar-refractivity contribution in [2.24, 2.45) is 0 Å². The number of aliphatic carboxylic acids is 2. The first-order valence-corrected chi connectivity index (χ1v) is 12.7. The Bertz CT molecular complexity index is 1500. The minimum absolute atomic E-state index is 0.0744. The normalized spacial score (nSPS) is 11.2. The number of aryl methyl sites for hydroxylation is 1. The van der Waals surface area contributed by atoms with Crippen LogP contribution in [0.5, 0.6) is 0 Å². The number of benzene rings is 2. The largest absolute Gasteiger partial charge is 0.490 e. The molecule has 0 aliphatic rings. The average molecular weight is 635 g/mol. The average Bonchev–Trinajstić information content (AvgIpc) is 3.60. The molecule has 0 radical (unpaired) electrons. The second-order valence-corrected chi connectivity index (χ2v) is 9.53. The van der Waals surface area contributed by atoms with Crippen molar-refractivity contribution in [1.82, 2.24) is 20.1 Å². The lowest BCUT2D eigenvalue weighted by Gasteiger charge is -2.21. The number of ether oxygens (including phenoxy) is 1. The lowest BCUT2D eigenvalue weighted by atomic mass is 10.1. The van der Waals surface area contributed by atoms with E-state index in [1.165, 1.54) is 16.9 Å². The summed E-state index contributed by atoms with van der Waals surface area (Å²) >= 11 is 1.42. The topological polar surface area (TPSA) is 146 Å². The van der Waals surface area contributed by atoms with Gasteiger partial charge in [-0.3, -0.25) is 9.89 Å². The number of H-pyrrole nitrogens is 1. The van der Waals surface area contributed by atoms with Gasteiger partial charge in [-0.2, -0.15) is 31.4 Å². The molecule has 0 unspecified atom stereocenters. The van der Waals surface area contributed by atoms with Crippen molar-refractivity contribution in [3.63, 3.8) is 0 Å². The van der Waals surface area contributed by atoms with Crippen LogP contribution in [0.25, 0.3) is 21.3 Å². The highest BCUT2D eigenvalue weighted by Crippen LogP contribution is 2.29. The quantitative estimate of drug-likeness (QED) is 0.225. The monoisotopic (exact) mass is 634 g/mol. The number of aromatic nitrogens is 3. The first-order chi connectivity index (χ1) is 20.0. The van der Waals surface area contributed by atoms with Crippen LogP contribution in [-0.2, 0) is 20.9 Å². The third-order valence-corrected chi connectivity index (χ3v) is 6.20. The first-order valence-electron chi connectivity index (χ1n) is 11.9. The van der Waals surface area contributed by atoms with E-state index in [0.717, 1.165) is 26.9 Å². The number of carboxylic acid groups (broad SMARTS) is 2. The molecule has 1 amide bonds. The van der Waals surface area contributed by atoms with Crippen molar-refractivity contribution in [1.29, 1.82) is 0 Å². The second-order valence-electron chi connectivity index (χ2n) is 8.50. The molecule has 0 spiro atoms. The third kappa shape index (κ3) is 11.0. The van der Waals surface area contributed by atoms with E-state index >= 15 is 0 Å². The molecular formula is C26H24F6N4O6S. The molecule has 17 heteroatoms. The molecule has 0 saturated heterocycles. The zero-order valence-electron chi connectivity index (χ0n) is 22.4. The molecule has 4 aromatic rings. The number of thiazole rings is 1. The van der Waals surface area contributed by atoms with Crippen molar-refractivity contribution in [2.75, 3.05) is 20.3 Å². The Morgan fingerprint density at radius 2 is 1.60 bits per heavy atom. The van der Waals surface area contributed by atoms with Crippen molar-refractivity contribution in [3.05, 3.63) is 71.0 Å². The Kier molecular flexibility index (Phi) is 12.2. The fourth-order valence-corrected chi connectivity index (χ4v) is 4.20. The van der Waals surface area contributed by atoms with Crippen LogP contribution < -0.4 is 0 Å². The Balaban J connectivity index is 0.000000384. The smallest absolute Gasteiger partial charge is 0.475 e. The fraction of sp³-hybridized carbons (Fsp3) is 0.269. The summed E-state index contributed by atoms with van der Waals surface area (Å²) in [7, 11) is 1.64. The number of rotatable bonds is 7. The van der Waals surface area contributed by atoms with E-state index in [4.69, 9.17) is 24.5 Å². The lowest BCUT2D eigenvalue weighted by molar-refractivity contribution is -0.193. The number of nitrogens with zero attached hydrogens (tertiary/aromatic N) is 3. The Morgan fingerprint density at radius 3 is 2.12 bits per heavy atom. The van der Waals surface area contributed by atoms with Gasteiger partial charge in [-0.05, 0) is 30.2 Å². The van der Waals surface area contributed by atoms with Gasteiger partial charge in [0.05, 0.1) is 23.0 Å². The molecule has 0 fully saturated rings. The highest BCUT2D eigenvalue weighted by atomic mass is 32.1. The number of carbonyl (C=O) groups is 3. The third-order valence-electron chi connectivity index (χ3n) is 5.20. The zero-order chi connectivity index (χ0) is 32.4. The SMILES string of the molecule is COCCN(Cc1cccc(C)c1)C(=O)c1nc2ccc(-c3cn[nH]c3)cc2s1.O=C(O)C(F)(F)F.O=C(O)C(F)(F)F. The van der Waals surface area contributed by atoms with Crippen LogP contribution in [0.4, 0.5) is 26.3 Å². The van der Waals surface area contributed by atoms with Crippen LogP contribution in [0.1, 0.15) is 20.9 Å². The van der Waals surface area contributed by atoms with Gasteiger partial charge in [0.25, 0.3) is 5.91 Å². The zero-order valence-corrected chi connectivity index (χ0v) is 23.2. The number of amides is 1. The maximum absolute atomic E-state index is 13.2.